The monoisotopic (exact) mass is 254 g/mol. The van der Waals surface area contributed by atoms with Gasteiger partial charge in [-0.15, -0.1) is 0 Å². The maximum absolute atomic E-state index is 10.8. The Labute approximate surface area is 103 Å². The highest BCUT2D eigenvalue weighted by atomic mass is 16.6. The fourth-order valence-corrected chi connectivity index (χ4v) is 1.29. The second-order valence-electron chi connectivity index (χ2n) is 4.21. The Morgan fingerprint density at radius 2 is 2.17 bits per heavy atom. The van der Waals surface area contributed by atoms with E-state index in [0.29, 0.717) is 0 Å². The third kappa shape index (κ3) is 3.17. The van der Waals surface area contributed by atoms with E-state index in [4.69, 9.17) is 5.11 Å². The molecule has 3 N–H and O–H groups in total. The molecule has 0 aromatic heterocycles. The fourth-order valence-electron chi connectivity index (χ4n) is 1.29. The maximum Gasteiger partial charge on any atom is 0.337 e. The molecule has 1 aromatic carbocycles. The number of carboxylic acids is 1. The van der Waals surface area contributed by atoms with Crippen molar-refractivity contribution >= 4 is 17.3 Å². The molecule has 0 saturated carbocycles. The lowest BCUT2D eigenvalue weighted by Crippen LogP contribution is -2.41. The van der Waals surface area contributed by atoms with Gasteiger partial charge in [-0.3, -0.25) is 10.1 Å². The third-order valence-corrected chi connectivity index (χ3v) is 2.43. The Bertz CT molecular complexity index is 484. The van der Waals surface area contributed by atoms with Crippen molar-refractivity contribution in [2.24, 2.45) is 0 Å². The number of hydrogen-bond donors (Lipinski definition) is 3. The Balaban J connectivity index is 2.94. The molecule has 0 bridgehead atoms. The molecule has 0 fully saturated rings. The van der Waals surface area contributed by atoms with Crippen LogP contribution < -0.4 is 5.32 Å². The Kier molecular flexibility index (Phi) is 3.87. The first-order chi connectivity index (χ1) is 8.24. The second-order valence-corrected chi connectivity index (χ2v) is 4.21. The number of nitrogens with zero attached hydrogens (tertiary/aromatic N) is 1. The van der Waals surface area contributed by atoms with Crippen LogP contribution in [0.5, 0.6) is 0 Å². The molecule has 0 aliphatic carbocycles. The summed E-state index contributed by atoms with van der Waals surface area (Å²) in [6, 6.07) is 4.43. The predicted molar refractivity (Wildman–Crippen MR) is 64.6 cm³/mol. The number of nitro groups is 1. The minimum Gasteiger partial charge on any atom is -0.479 e. The summed E-state index contributed by atoms with van der Waals surface area (Å²) in [5.41, 5.74) is -1.18. The third-order valence-electron chi connectivity index (χ3n) is 2.43. The molecule has 7 heteroatoms. The SMILES string of the molecule is Cc1ccc([N+](=O)[O-])c(NCC(C)(O)C(=O)O)c1. The number of anilines is 1. The summed E-state index contributed by atoms with van der Waals surface area (Å²) >= 11 is 0. The van der Waals surface area contributed by atoms with E-state index in [1.165, 1.54) is 12.1 Å². The van der Waals surface area contributed by atoms with E-state index < -0.39 is 16.5 Å². The van der Waals surface area contributed by atoms with Crippen molar-refractivity contribution in [1.29, 1.82) is 0 Å². The topological polar surface area (TPSA) is 113 Å². The van der Waals surface area contributed by atoms with Crippen molar-refractivity contribution in [2.75, 3.05) is 11.9 Å². The molecule has 1 unspecified atom stereocenters. The van der Waals surface area contributed by atoms with Crippen LogP contribution in [0, 0.1) is 17.0 Å². The zero-order valence-corrected chi connectivity index (χ0v) is 10.0. The van der Waals surface area contributed by atoms with E-state index in [2.05, 4.69) is 5.32 Å². The summed E-state index contributed by atoms with van der Waals surface area (Å²) in [7, 11) is 0. The lowest BCUT2D eigenvalue weighted by Gasteiger charge is -2.19. The molecule has 18 heavy (non-hydrogen) atoms. The van der Waals surface area contributed by atoms with Gasteiger partial charge in [0.25, 0.3) is 5.69 Å². The lowest BCUT2D eigenvalue weighted by atomic mass is 10.1. The summed E-state index contributed by atoms with van der Waals surface area (Å²) in [6.45, 7) is 2.54. The van der Waals surface area contributed by atoms with Crippen LogP contribution in [-0.4, -0.2) is 33.3 Å². The molecular formula is C11H14N2O5. The second kappa shape index (κ2) is 5.01. The van der Waals surface area contributed by atoms with Crippen LogP contribution in [0.25, 0.3) is 0 Å². The molecule has 0 aliphatic rings. The number of nitrogens with one attached hydrogen (secondary N) is 1. The Morgan fingerprint density at radius 1 is 1.56 bits per heavy atom. The van der Waals surface area contributed by atoms with E-state index in [0.717, 1.165) is 12.5 Å². The molecule has 0 heterocycles. The van der Waals surface area contributed by atoms with Crippen LogP contribution in [0.3, 0.4) is 0 Å². The summed E-state index contributed by atoms with van der Waals surface area (Å²) in [6.07, 6.45) is 0. The van der Waals surface area contributed by atoms with Gasteiger partial charge in [0.2, 0.25) is 0 Å². The normalized spacial score (nSPS) is 13.7. The van der Waals surface area contributed by atoms with Crippen LogP contribution in [0.15, 0.2) is 18.2 Å². The van der Waals surface area contributed by atoms with Gasteiger partial charge in [-0.05, 0) is 25.5 Å². The molecule has 7 nitrogen and oxygen atoms in total. The number of nitro benzene ring substituents is 1. The first-order valence-corrected chi connectivity index (χ1v) is 5.19. The van der Waals surface area contributed by atoms with Gasteiger partial charge in [0.1, 0.15) is 5.69 Å². The molecule has 1 aromatic rings. The summed E-state index contributed by atoms with van der Waals surface area (Å²) in [4.78, 5) is 20.9. The first-order valence-electron chi connectivity index (χ1n) is 5.19. The minimum absolute atomic E-state index is 0.165. The standard InChI is InChI=1S/C11H14N2O5/c1-7-3-4-9(13(17)18)8(5-7)12-6-11(2,16)10(14)15/h3-5,12,16H,6H2,1-2H3,(H,14,15). The van der Waals surface area contributed by atoms with E-state index in [-0.39, 0.29) is 17.9 Å². The predicted octanol–water partition coefficient (Wildman–Crippen LogP) is 1.15. The first kappa shape index (κ1) is 13.9. The number of benzene rings is 1. The van der Waals surface area contributed by atoms with E-state index >= 15 is 0 Å². The molecule has 0 aliphatic heterocycles. The van der Waals surface area contributed by atoms with Crippen molar-refractivity contribution < 1.29 is 19.9 Å². The Hall–Kier alpha value is -2.15. The molecular weight excluding hydrogens is 240 g/mol. The van der Waals surface area contributed by atoms with Gasteiger partial charge in [-0.1, -0.05) is 6.07 Å². The van der Waals surface area contributed by atoms with E-state index in [1.807, 2.05) is 0 Å². The number of rotatable bonds is 5. The van der Waals surface area contributed by atoms with Gasteiger partial charge in [0, 0.05) is 6.07 Å². The highest BCUT2D eigenvalue weighted by molar-refractivity contribution is 5.77. The molecule has 0 spiro atoms. The highest BCUT2D eigenvalue weighted by Crippen LogP contribution is 2.25. The van der Waals surface area contributed by atoms with Crippen molar-refractivity contribution in [1.82, 2.24) is 0 Å². The molecule has 98 valence electrons. The van der Waals surface area contributed by atoms with Crippen LogP contribution in [-0.2, 0) is 4.79 Å². The fraction of sp³-hybridized carbons (Fsp3) is 0.364. The number of aliphatic carboxylic acids is 1. The average Bonchev–Trinajstić information content (AvgIpc) is 2.26. The largest absolute Gasteiger partial charge is 0.479 e. The lowest BCUT2D eigenvalue weighted by molar-refractivity contribution is -0.384. The van der Waals surface area contributed by atoms with Gasteiger partial charge in [-0.25, -0.2) is 4.79 Å². The number of aliphatic hydroxyl groups is 1. The van der Waals surface area contributed by atoms with E-state index in [1.54, 1.807) is 13.0 Å². The highest BCUT2D eigenvalue weighted by Gasteiger charge is 2.30. The molecule has 0 saturated heterocycles. The zero-order chi connectivity index (χ0) is 13.9. The smallest absolute Gasteiger partial charge is 0.337 e. The quantitative estimate of drug-likeness (QED) is 0.536. The molecule has 1 atom stereocenters. The van der Waals surface area contributed by atoms with Gasteiger partial charge in [0.05, 0.1) is 11.5 Å². The van der Waals surface area contributed by atoms with Gasteiger partial charge >= 0.3 is 5.97 Å². The van der Waals surface area contributed by atoms with Crippen molar-refractivity contribution in [3.8, 4) is 0 Å². The van der Waals surface area contributed by atoms with Gasteiger partial charge < -0.3 is 15.5 Å². The maximum atomic E-state index is 10.8. The Morgan fingerprint density at radius 3 is 2.67 bits per heavy atom. The molecule has 0 radical (unpaired) electrons. The van der Waals surface area contributed by atoms with Crippen LogP contribution >= 0.6 is 0 Å². The van der Waals surface area contributed by atoms with Crippen LogP contribution in [0.1, 0.15) is 12.5 Å². The van der Waals surface area contributed by atoms with E-state index in [9.17, 15) is 20.0 Å². The number of carboxylic acid groups (broad SMARTS) is 1. The van der Waals surface area contributed by atoms with Gasteiger partial charge in [0.15, 0.2) is 5.60 Å². The zero-order valence-electron chi connectivity index (χ0n) is 10.0. The van der Waals surface area contributed by atoms with Crippen LogP contribution in [0.4, 0.5) is 11.4 Å². The van der Waals surface area contributed by atoms with Crippen LogP contribution in [0.2, 0.25) is 0 Å². The summed E-state index contributed by atoms with van der Waals surface area (Å²) in [5, 5.41) is 31.6. The average molecular weight is 254 g/mol. The van der Waals surface area contributed by atoms with Crippen molar-refractivity contribution in [3.63, 3.8) is 0 Å². The molecule has 0 amide bonds. The molecule has 1 rings (SSSR count). The van der Waals surface area contributed by atoms with Crippen molar-refractivity contribution in [3.05, 3.63) is 33.9 Å². The van der Waals surface area contributed by atoms with Crippen molar-refractivity contribution in [2.45, 2.75) is 19.4 Å². The van der Waals surface area contributed by atoms with Gasteiger partial charge in [-0.2, -0.15) is 0 Å². The number of aryl methyl sites for hydroxylation is 1. The summed E-state index contributed by atoms with van der Waals surface area (Å²) < 4.78 is 0. The number of carbonyl (C=O) groups is 1. The number of hydrogen-bond acceptors (Lipinski definition) is 5. The summed E-state index contributed by atoms with van der Waals surface area (Å²) in [5.74, 6) is -1.40. The minimum atomic E-state index is -1.99.